The van der Waals surface area contributed by atoms with Crippen LogP contribution in [0, 0.1) is 0 Å². The van der Waals surface area contributed by atoms with Gasteiger partial charge in [-0.2, -0.15) is 11.8 Å². The summed E-state index contributed by atoms with van der Waals surface area (Å²) in [5, 5.41) is 23.1. The van der Waals surface area contributed by atoms with Crippen LogP contribution in [0.15, 0.2) is 48.7 Å². The molecule has 0 saturated heterocycles. The molecular formula is C19H21N5O3S. The highest BCUT2D eigenvalue weighted by Crippen LogP contribution is 2.18. The molecule has 0 fully saturated rings. The van der Waals surface area contributed by atoms with E-state index in [2.05, 4.69) is 20.8 Å². The number of carbonyl (C=O) groups is 2. The molecule has 3 N–H and O–H groups in total. The summed E-state index contributed by atoms with van der Waals surface area (Å²) in [4.78, 5) is 23.3. The number of carboxylic acids is 1. The maximum absolute atomic E-state index is 12.4. The van der Waals surface area contributed by atoms with Gasteiger partial charge in [-0.3, -0.25) is 4.40 Å². The normalized spacial score (nSPS) is 11.9. The lowest BCUT2D eigenvalue weighted by Gasteiger charge is -2.17. The Morgan fingerprint density at radius 1 is 1.18 bits per heavy atom. The van der Waals surface area contributed by atoms with Crippen molar-refractivity contribution in [1.82, 2.24) is 25.2 Å². The molecule has 146 valence electrons. The average molecular weight is 399 g/mol. The van der Waals surface area contributed by atoms with Crippen LogP contribution >= 0.6 is 11.8 Å². The second-order valence-corrected chi connectivity index (χ2v) is 7.14. The van der Waals surface area contributed by atoms with Gasteiger partial charge in [0.1, 0.15) is 0 Å². The van der Waals surface area contributed by atoms with E-state index in [9.17, 15) is 9.59 Å². The molecule has 9 heteroatoms. The lowest BCUT2D eigenvalue weighted by atomic mass is 10.1. The standard InChI is InChI=1S/C19H21N5O3S/c1-28-11-9-15(17-23-22-16-4-2-3-10-24(16)17)21-19(27)20-12-13-5-7-14(8-6-13)18(25)26/h2-8,10,15H,9,11-12H2,1H3,(H,25,26)(H2,20,21,27). The maximum atomic E-state index is 12.4. The molecule has 0 saturated carbocycles. The van der Waals surface area contributed by atoms with Crippen LogP contribution in [0.1, 0.15) is 34.2 Å². The SMILES string of the molecule is CSCCC(NC(=O)NCc1ccc(C(=O)O)cc1)c1nnc2ccccn12. The Kier molecular flexibility index (Phi) is 6.49. The molecule has 8 nitrogen and oxygen atoms in total. The van der Waals surface area contributed by atoms with Gasteiger partial charge in [-0.1, -0.05) is 18.2 Å². The number of benzene rings is 1. The summed E-state index contributed by atoms with van der Waals surface area (Å²) in [6.07, 6.45) is 4.61. The van der Waals surface area contributed by atoms with Crippen LogP contribution in [-0.2, 0) is 6.54 Å². The van der Waals surface area contributed by atoms with Crippen LogP contribution < -0.4 is 10.6 Å². The fraction of sp³-hybridized carbons (Fsp3) is 0.263. The van der Waals surface area contributed by atoms with Crippen molar-refractivity contribution in [2.75, 3.05) is 12.0 Å². The van der Waals surface area contributed by atoms with Crippen LogP contribution in [0.3, 0.4) is 0 Å². The first-order chi connectivity index (χ1) is 13.6. The smallest absolute Gasteiger partial charge is 0.335 e. The Labute approximate surface area is 166 Å². The predicted octanol–water partition coefficient (Wildman–Crippen LogP) is 2.72. The van der Waals surface area contributed by atoms with Gasteiger partial charge in [0, 0.05) is 12.7 Å². The Balaban J connectivity index is 1.65. The van der Waals surface area contributed by atoms with Crippen LogP contribution in [0.4, 0.5) is 4.79 Å². The number of fused-ring (bicyclic) bond motifs is 1. The average Bonchev–Trinajstić information content (AvgIpc) is 3.14. The number of urea groups is 1. The van der Waals surface area contributed by atoms with Crippen molar-refractivity contribution >= 4 is 29.4 Å². The molecule has 3 rings (SSSR count). The second-order valence-electron chi connectivity index (χ2n) is 6.15. The number of rotatable bonds is 8. The monoisotopic (exact) mass is 399 g/mol. The van der Waals surface area contributed by atoms with Gasteiger partial charge in [0.2, 0.25) is 0 Å². The molecule has 0 bridgehead atoms. The minimum Gasteiger partial charge on any atom is -0.478 e. The molecule has 0 radical (unpaired) electrons. The number of hydrogen-bond donors (Lipinski definition) is 3. The molecule has 0 aliphatic heterocycles. The largest absolute Gasteiger partial charge is 0.478 e. The lowest BCUT2D eigenvalue weighted by Crippen LogP contribution is -2.38. The van der Waals surface area contributed by atoms with Crippen LogP contribution in [0.5, 0.6) is 0 Å². The Morgan fingerprint density at radius 2 is 1.96 bits per heavy atom. The minimum absolute atomic E-state index is 0.212. The van der Waals surface area contributed by atoms with Crippen molar-refractivity contribution in [3.8, 4) is 0 Å². The van der Waals surface area contributed by atoms with Gasteiger partial charge in [-0.05, 0) is 48.3 Å². The van der Waals surface area contributed by atoms with E-state index in [-0.39, 0.29) is 17.6 Å². The molecule has 2 heterocycles. The summed E-state index contributed by atoms with van der Waals surface area (Å²) in [7, 11) is 0. The number of pyridine rings is 1. The fourth-order valence-corrected chi connectivity index (χ4v) is 3.23. The van der Waals surface area contributed by atoms with Crippen molar-refractivity contribution < 1.29 is 14.7 Å². The van der Waals surface area contributed by atoms with E-state index < -0.39 is 5.97 Å². The van der Waals surface area contributed by atoms with Gasteiger partial charge in [-0.15, -0.1) is 10.2 Å². The first-order valence-corrected chi connectivity index (χ1v) is 10.1. The highest BCUT2D eigenvalue weighted by molar-refractivity contribution is 7.98. The Bertz CT molecular complexity index is 958. The van der Waals surface area contributed by atoms with E-state index in [0.29, 0.717) is 12.4 Å². The van der Waals surface area contributed by atoms with Crippen molar-refractivity contribution in [3.63, 3.8) is 0 Å². The molecule has 28 heavy (non-hydrogen) atoms. The molecule has 0 spiro atoms. The topological polar surface area (TPSA) is 109 Å². The quantitative estimate of drug-likeness (QED) is 0.537. The van der Waals surface area contributed by atoms with Gasteiger partial charge in [0.25, 0.3) is 0 Å². The van der Waals surface area contributed by atoms with E-state index in [0.717, 1.165) is 23.4 Å². The molecule has 1 unspecified atom stereocenters. The van der Waals surface area contributed by atoms with Crippen molar-refractivity contribution in [2.45, 2.75) is 19.0 Å². The zero-order chi connectivity index (χ0) is 19.9. The van der Waals surface area contributed by atoms with Crippen molar-refractivity contribution in [1.29, 1.82) is 0 Å². The van der Waals surface area contributed by atoms with Gasteiger partial charge >= 0.3 is 12.0 Å². The number of aromatic carboxylic acids is 1. The first kappa shape index (κ1) is 19.7. The van der Waals surface area contributed by atoms with Gasteiger partial charge < -0.3 is 15.7 Å². The van der Waals surface area contributed by atoms with E-state index >= 15 is 0 Å². The summed E-state index contributed by atoms with van der Waals surface area (Å²) in [6, 6.07) is 11.4. The molecule has 2 aromatic heterocycles. The number of nitrogens with one attached hydrogen (secondary N) is 2. The number of amides is 2. The van der Waals surface area contributed by atoms with Crippen molar-refractivity contribution in [3.05, 3.63) is 65.6 Å². The third kappa shape index (κ3) is 4.80. The summed E-state index contributed by atoms with van der Waals surface area (Å²) in [6.45, 7) is 0.293. The third-order valence-corrected chi connectivity index (χ3v) is 4.87. The van der Waals surface area contributed by atoms with Crippen LogP contribution in [-0.4, -0.2) is 43.7 Å². The fourth-order valence-electron chi connectivity index (χ4n) is 2.76. The molecule has 3 aromatic rings. The highest BCUT2D eigenvalue weighted by Gasteiger charge is 2.20. The molecule has 0 aliphatic carbocycles. The predicted molar refractivity (Wildman–Crippen MR) is 107 cm³/mol. The van der Waals surface area contributed by atoms with Crippen molar-refractivity contribution in [2.24, 2.45) is 0 Å². The number of thioether (sulfide) groups is 1. The van der Waals surface area contributed by atoms with Gasteiger partial charge in [0.15, 0.2) is 11.5 Å². The molecule has 1 aromatic carbocycles. The van der Waals surface area contributed by atoms with Gasteiger partial charge in [0.05, 0.1) is 11.6 Å². The molecular weight excluding hydrogens is 378 g/mol. The van der Waals surface area contributed by atoms with E-state index in [1.165, 1.54) is 12.1 Å². The lowest BCUT2D eigenvalue weighted by molar-refractivity contribution is 0.0697. The number of carbonyl (C=O) groups excluding carboxylic acids is 1. The third-order valence-electron chi connectivity index (χ3n) is 4.22. The minimum atomic E-state index is -0.977. The van der Waals surface area contributed by atoms with Crippen LogP contribution in [0.25, 0.3) is 5.65 Å². The van der Waals surface area contributed by atoms with Crippen LogP contribution in [0.2, 0.25) is 0 Å². The number of carboxylic acid groups (broad SMARTS) is 1. The first-order valence-electron chi connectivity index (χ1n) is 8.73. The molecule has 2 amide bonds. The maximum Gasteiger partial charge on any atom is 0.335 e. The zero-order valence-corrected chi connectivity index (χ0v) is 16.1. The molecule has 0 aliphatic rings. The summed E-state index contributed by atoms with van der Waals surface area (Å²) < 4.78 is 1.87. The number of nitrogens with zero attached hydrogens (tertiary/aromatic N) is 3. The van der Waals surface area contributed by atoms with E-state index in [1.54, 1.807) is 23.9 Å². The number of hydrogen-bond acceptors (Lipinski definition) is 5. The summed E-state index contributed by atoms with van der Waals surface area (Å²) in [5.74, 6) is 0.573. The Morgan fingerprint density at radius 3 is 2.68 bits per heavy atom. The van der Waals surface area contributed by atoms with Gasteiger partial charge in [-0.25, -0.2) is 9.59 Å². The molecule has 1 atom stereocenters. The Hall–Kier alpha value is -3.07. The van der Waals surface area contributed by atoms with E-state index in [4.69, 9.17) is 5.11 Å². The van der Waals surface area contributed by atoms with E-state index in [1.807, 2.05) is 35.1 Å². The zero-order valence-electron chi connectivity index (χ0n) is 15.3. The highest BCUT2D eigenvalue weighted by atomic mass is 32.2. The summed E-state index contributed by atoms with van der Waals surface area (Å²) >= 11 is 1.70. The second kappa shape index (κ2) is 9.23. The summed E-state index contributed by atoms with van der Waals surface area (Å²) in [5.41, 5.74) is 1.75. The number of aromatic nitrogens is 3.